The molecule has 0 bridgehead atoms. The second-order valence-electron chi connectivity index (χ2n) is 16.8. The van der Waals surface area contributed by atoms with E-state index in [1.807, 2.05) is 44.2 Å². The first-order valence-corrected chi connectivity index (χ1v) is 23.0. The maximum absolute atomic E-state index is 14.5. The Bertz CT molecular complexity index is 1600. The van der Waals surface area contributed by atoms with Gasteiger partial charge in [0, 0.05) is 50.2 Å². The monoisotopic (exact) mass is 840 g/mol. The van der Waals surface area contributed by atoms with E-state index >= 15 is 0 Å². The largest absolute Gasteiger partial charge is 0.466 e. The van der Waals surface area contributed by atoms with E-state index in [2.05, 4.69) is 29.0 Å². The zero-order valence-corrected chi connectivity index (χ0v) is 37.9. The van der Waals surface area contributed by atoms with E-state index in [9.17, 15) is 24.0 Å². The molecule has 13 heteroatoms. The molecule has 1 aromatic carbocycles. The smallest absolute Gasteiger partial charge is 0.308 e. The van der Waals surface area contributed by atoms with E-state index in [1.54, 1.807) is 31.2 Å². The van der Waals surface area contributed by atoms with Gasteiger partial charge in [0.15, 0.2) is 11.9 Å². The van der Waals surface area contributed by atoms with Gasteiger partial charge in [-0.1, -0.05) is 90.6 Å². The quantitative estimate of drug-likeness (QED) is 0.0715. The molecule has 59 heavy (non-hydrogen) atoms. The van der Waals surface area contributed by atoms with Crippen LogP contribution in [0.3, 0.4) is 0 Å². The van der Waals surface area contributed by atoms with Crippen molar-refractivity contribution in [1.29, 1.82) is 0 Å². The molecule has 1 saturated heterocycles. The van der Waals surface area contributed by atoms with E-state index in [0.717, 1.165) is 70.0 Å². The van der Waals surface area contributed by atoms with Gasteiger partial charge in [-0.25, -0.2) is 4.98 Å². The molecule has 2 heterocycles. The summed E-state index contributed by atoms with van der Waals surface area (Å²) in [5.74, 6) is -2.10. The van der Waals surface area contributed by atoms with Crippen LogP contribution in [0.4, 0.5) is 0 Å². The summed E-state index contributed by atoms with van der Waals surface area (Å²) in [5.41, 5.74) is 6.88. The number of nitrogens with one attached hydrogen (secondary N) is 1. The van der Waals surface area contributed by atoms with E-state index in [-0.39, 0.29) is 72.8 Å². The maximum atomic E-state index is 14.5. The number of ether oxygens (including phenoxy) is 2. The molecule has 12 nitrogen and oxygen atoms in total. The molecule has 1 aromatic heterocycles. The highest BCUT2D eigenvalue weighted by Crippen LogP contribution is 2.33. The zero-order valence-electron chi connectivity index (χ0n) is 37.1. The molecular formula is C46H73N5O7S. The van der Waals surface area contributed by atoms with Crippen LogP contribution in [0.2, 0.25) is 0 Å². The number of unbranched alkanes of at least 4 members (excludes halogenated alkanes) is 3. The number of thiazole rings is 1. The third kappa shape index (κ3) is 16.0. The number of nitrogens with two attached hydrogens (primary N) is 1. The number of carbonyl (C=O) groups excluding carboxylic acids is 5. The Kier molecular flexibility index (Phi) is 21.8. The number of nitrogens with zero attached hydrogens (tertiary/aromatic N) is 3. The first-order valence-electron chi connectivity index (χ1n) is 22.1. The van der Waals surface area contributed by atoms with E-state index in [4.69, 9.17) is 15.2 Å². The third-order valence-corrected chi connectivity index (χ3v) is 12.8. The van der Waals surface area contributed by atoms with Crippen molar-refractivity contribution < 1.29 is 33.4 Å². The fraction of sp³-hybridized carbons (Fsp3) is 0.696. The first kappa shape index (κ1) is 49.7. The van der Waals surface area contributed by atoms with Crippen LogP contribution in [0, 0.1) is 23.7 Å². The number of ketones is 1. The molecule has 7 atom stereocenters. The molecule has 2 amide bonds. The van der Waals surface area contributed by atoms with Crippen LogP contribution in [0.1, 0.15) is 146 Å². The van der Waals surface area contributed by atoms with Gasteiger partial charge >= 0.3 is 11.9 Å². The van der Waals surface area contributed by atoms with Gasteiger partial charge in [-0.05, 0) is 82.5 Å². The van der Waals surface area contributed by atoms with Gasteiger partial charge in [-0.2, -0.15) is 0 Å². The van der Waals surface area contributed by atoms with Crippen molar-refractivity contribution in [3.05, 3.63) is 52.0 Å². The van der Waals surface area contributed by atoms with Crippen LogP contribution in [-0.2, 0) is 35.1 Å². The highest BCUT2D eigenvalue weighted by Gasteiger charge is 2.38. The number of hydrogen-bond acceptors (Lipinski definition) is 11. The highest BCUT2D eigenvalue weighted by molar-refractivity contribution is 7.09. The number of rotatable bonds is 26. The van der Waals surface area contributed by atoms with Crippen LogP contribution < -0.4 is 11.1 Å². The SMILES string of the molecule is CCOC(=O)[C@@H](C)C[C@H](Cc1ccccc1)NC(=O)c1csc([C@@H](C[C@H](C(C)C)N(C)C(=O)[C@@H](CC(=O)[C@H]2CCCCN2CCCCCCN)[C@@H](C)CC)OC(C)=O)n1. The molecule has 1 aliphatic rings. The molecule has 2 aromatic rings. The number of benzene rings is 1. The molecule has 330 valence electrons. The number of esters is 2. The fourth-order valence-corrected chi connectivity index (χ4v) is 9.06. The predicted octanol–water partition coefficient (Wildman–Crippen LogP) is 7.55. The van der Waals surface area contributed by atoms with Gasteiger partial charge in [-0.15, -0.1) is 11.3 Å². The lowest BCUT2D eigenvalue weighted by molar-refractivity contribution is -0.150. The summed E-state index contributed by atoms with van der Waals surface area (Å²) in [6, 6.07) is 8.86. The Morgan fingerprint density at radius 2 is 1.71 bits per heavy atom. The standard InChI is InChI=1S/C46H73N5O7S/c1-9-32(5)37(28-41(53)39-22-16-19-25-51(39)24-18-12-11-17-23-47)45(55)50(8)40(31(3)4)29-42(58-34(7)52)44-49-38(30-59-44)43(54)48-36(26-33(6)46(56)57-10-2)27-35-20-14-13-15-21-35/h13-15,20-21,30-33,36-37,39-40,42H,9-12,16-19,22-29,47H2,1-8H3,(H,48,54)/t32-,33-,36+,37-,39+,40+,42+/m0/s1. The predicted molar refractivity (Wildman–Crippen MR) is 234 cm³/mol. The van der Waals surface area contributed by atoms with E-state index < -0.39 is 29.8 Å². The fourth-order valence-electron chi connectivity index (χ4n) is 8.23. The topological polar surface area (TPSA) is 161 Å². The summed E-state index contributed by atoms with van der Waals surface area (Å²) in [6.45, 7) is 15.8. The number of hydrogen-bond donors (Lipinski definition) is 2. The minimum Gasteiger partial charge on any atom is -0.466 e. The van der Waals surface area contributed by atoms with Crippen molar-refractivity contribution in [2.45, 2.75) is 150 Å². The Labute approximate surface area is 357 Å². The number of piperidine rings is 1. The van der Waals surface area contributed by atoms with E-state index in [0.29, 0.717) is 24.4 Å². The van der Waals surface area contributed by atoms with Crippen LogP contribution in [-0.4, -0.2) is 95.7 Å². The van der Waals surface area contributed by atoms with Crippen molar-refractivity contribution in [3.8, 4) is 0 Å². The maximum Gasteiger partial charge on any atom is 0.308 e. The van der Waals surface area contributed by atoms with Gasteiger partial charge in [-0.3, -0.25) is 28.9 Å². The van der Waals surface area contributed by atoms with Crippen LogP contribution >= 0.6 is 11.3 Å². The Morgan fingerprint density at radius 3 is 2.36 bits per heavy atom. The molecular weight excluding hydrogens is 767 g/mol. The van der Waals surface area contributed by atoms with Gasteiger partial charge in [0.25, 0.3) is 5.91 Å². The normalized spacial score (nSPS) is 17.6. The first-order chi connectivity index (χ1) is 28.2. The Hall–Kier alpha value is -3.68. The second kappa shape index (κ2) is 25.8. The summed E-state index contributed by atoms with van der Waals surface area (Å²) in [4.78, 5) is 76.1. The number of amides is 2. The number of Topliss-reactive ketones (excluding diaryl/α,β-unsaturated/α-hetero) is 1. The second-order valence-corrected chi connectivity index (χ2v) is 17.7. The molecule has 1 aliphatic heterocycles. The van der Waals surface area contributed by atoms with Crippen LogP contribution in [0.5, 0.6) is 0 Å². The molecule has 0 radical (unpaired) electrons. The van der Waals surface area contributed by atoms with Crippen LogP contribution in [0.15, 0.2) is 35.7 Å². The Balaban J connectivity index is 1.79. The minimum absolute atomic E-state index is 0.00897. The molecule has 0 aliphatic carbocycles. The lowest BCUT2D eigenvalue weighted by Crippen LogP contribution is -2.49. The summed E-state index contributed by atoms with van der Waals surface area (Å²) in [6.07, 6.45) is 8.47. The molecule has 0 saturated carbocycles. The molecule has 0 unspecified atom stereocenters. The number of likely N-dealkylation sites (tertiary alicyclic amines) is 1. The van der Waals surface area contributed by atoms with Gasteiger partial charge in [0.05, 0.1) is 18.6 Å². The number of carbonyl (C=O) groups is 5. The van der Waals surface area contributed by atoms with Crippen LogP contribution in [0.25, 0.3) is 0 Å². The van der Waals surface area contributed by atoms with Crippen molar-refractivity contribution in [2.24, 2.45) is 29.4 Å². The molecule has 1 fully saturated rings. The van der Waals surface area contributed by atoms with Crippen molar-refractivity contribution >= 4 is 40.9 Å². The summed E-state index contributed by atoms with van der Waals surface area (Å²) in [7, 11) is 1.79. The van der Waals surface area contributed by atoms with Crippen molar-refractivity contribution in [2.75, 3.05) is 33.3 Å². The third-order valence-electron chi connectivity index (χ3n) is 11.8. The average Bonchev–Trinajstić information content (AvgIpc) is 3.71. The number of aromatic nitrogens is 1. The lowest BCUT2D eigenvalue weighted by atomic mass is 9.82. The van der Waals surface area contributed by atoms with Crippen molar-refractivity contribution in [1.82, 2.24) is 20.1 Å². The minimum atomic E-state index is -0.810. The highest BCUT2D eigenvalue weighted by atomic mass is 32.1. The molecule has 3 rings (SSSR count). The van der Waals surface area contributed by atoms with E-state index in [1.165, 1.54) is 18.3 Å². The van der Waals surface area contributed by atoms with Gasteiger partial charge in [0.2, 0.25) is 5.91 Å². The molecule has 0 spiro atoms. The zero-order chi connectivity index (χ0) is 43.5. The lowest BCUT2D eigenvalue weighted by Gasteiger charge is -2.38. The molecule has 3 N–H and O–H groups in total. The Morgan fingerprint density at radius 1 is 1.00 bits per heavy atom. The van der Waals surface area contributed by atoms with Gasteiger partial charge in [0.1, 0.15) is 10.7 Å². The average molecular weight is 840 g/mol. The summed E-state index contributed by atoms with van der Waals surface area (Å²) >= 11 is 1.23. The van der Waals surface area contributed by atoms with Crippen molar-refractivity contribution in [3.63, 3.8) is 0 Å². The summed E-state index contributed by atoms with van der Waals surface area (Å²) < 4.78 is 11.1. The summed E-state index contributed by atoms with van der Waals surface area (Å²) in [5, 5.41) is 5.18. The van der Waals surface area contributed by atoms with Gasteiger partial charge < -0.3 is 25.4 Å².